The fourth-order valence-electron chi connectivity index (χ4n) is 2.91. The molecule has 1 saturated heterocycles. The molecule has 1 aliphatic rings. The van der Waals surface area contributed by atoms with Crippen molar-refractivity contribution < 1.29 is 14.3 Å². The first-order valence-corrected chi connectivity index (χ1v) is 7.76. The molecular weight excluding hydrogens is 318 g/mol. The zero-order chi connectivity index (χ0) is 18.0. The van der Waals surface area contributed by atoms with Crippen molar-refractivity contribution in [1.82, 2.24) is 10.2 Å². The summed E-state index contributed by atoms with van der Waals surface area (Å²) in [5, 5.41) is 11.9. The van der Waals surface area contributed by atoms with Crippen molar-refractivity contribution in [3.8, 4) is 11.8 Å². The lowest BCUT2D eigenvalue weighted by molar-refractivity contribution is -0.131. The quantitative estimate of drug-likeness (QED) is 0.871. The molecule has 0 radical (unpaired) electrons. The van der Waals surface area contributed by atoms with Crippen molar-refractivity contribution in [3.63, 3.8) is 0 Å². The lowest BCUT2D eigenvalue weighted by Crippen LogP contribution is -2.40. The molecular formula is C19H17N3O3. The van der Waals surface area contributed by atoms with Gasteiger partial charge in [0.15, 0.2) is 0 Å². The van der Waals surface area contributed by atoms with Crippen molar-refractivity contribution >= 4 is 11.9 Å². The van der Waals surface area contributed by atoms with Crippen molar-refractivity contribution in [2.24, 2.45) is 0 Å². The molecule has 6 heteroatoms. The van der Waals surface area contributed by atoms with Crippen LogP contribution in [0.5, 0.6) is 5.75 Å². The van der Waals surface area contributed by atoms with E-state index >= 15 is 0 Å². The zero-order valence-electron chi connectivity index (χ0n) is 13.9. The molecule has 3 rings (SSSR count). The SMILES string of the molecule is COc1cccc([C@@]2(C)NC(=O)N(Cc3ccccc3C#N)C2=O)c1. The Balaban J connectivity index is 1.93. The number of hydrogen-bond donors (Lipinski definition) is 1. The Hall–Kier alpha value is -3.33. The summed E-state index contributed by atoms with van der Waals surface area (Å²) in [5.41, 5.74) is 0.537. The number of hydrogen-bond acceptors (Lipinski definition) is 4. The highest BCUT2D eigenvalue weighted by Crippen LogP contribution is 2.31. The number of amides is 3. The third-order valence-corrected chi connectivity index (χ3v) is 4.39. The van der Waals surface area contributed by atoms with E-state index in [9.17, 15) is 14.9 Å². The predicted octanol–water partition coefficient (Wildman–Crippen LogP) is 2.53. The van der Waals surface area contributed by atoms with Gasteiger partial charge in [0.05, 0.1) is 25.3 Å². The molecule has 1 fully saturated rings. The number of ether oxygens (including phenoxy) is 1. The van der Waals surface area contributed by atoms with Crippen LogP contribution in [0.15, 0.2) is 48.5 Å². The molecule has 0 bridgehead atoms. The first-order chi connectivity index (χ1) is 12.0. The standard InChI is InChI=1S/C19H17N3O3/c1-19(15-8-5-9-16(10-15)25-2)17(23)22(18(24)21-19)12-14-7-4-3-6-13(14)11-20/h3-10H,12H2,1-2H3,(H,21,24)/t19-/m1/s1. The number of urea groups is 1. The number of carbonyl (C=O) groups excluding carboxylic acids is 2. The molecule has 0 unspecified atom stereocenters. The molecule has 25 heavy (non-hydrogen) atoms. The minimum Gasteiger partial charge on any atom is -0.497 e. The number of imide groups is 1. The van der Waals surface area contributed by atoms with Crippen LogP contribution in [0.25, 0.3) is 0 Å². The van der Waals surface area contributed by atoms with Crippen molar-refractivity contribution in [2.75, 3.05) is 7.11 Å². The Bertz CT molecular complexity index is 887. The maximum absolute atomic E-state index is 13.0. The molecule has 2 aromatic carbocycles. The zero-order valence-corrected chi connectivity index (χ0v) is 13.9. The maximum atomic E-state index is 13.0. The number of nitrogens with one attached hydrogen (secondary N) is 1. The van der Waals surface area contributed by atoms with E-state index in [0.29, 0.717) is 22.4 Å². The van der Waals surface area contributed by atoms with E-state index in [1.165, 1.54) is 0 Å². The minimum atomic E-state index is -1.17. The molecule has 2 aromatic rings. The average molecular weight is 335 g/mol. The Labute approximate surface area is 145 Å². The lowest BCUT2D eigenvalue weighted by Gasteiger charge is -2.22. The summed E-state index contributed by atoms with van der Waals surface area (Å²) in [4.78, 5) is 26.5. The van der Waals surface area contributed by atoms with Gasteiger partial charge in [-0.2, -0.15) is 5.26 Å². The summed E-state index contributed by atoms with van der Waals surface area (Å²) in [5.74, 6) is 0.243. The van der Waals surface area contributed by atoms with E-state index < -0.39 is 11.6 Å². The molecule has 3 amide bonds. The average Bonchev–Trinajstić information content (AvgIpc) is 2.86. The first kappa shape index (κ1) is 16.5. The highest BCUT2D eigenvalue weighted by atomic mass is 16.5. The Morgan fingerprint density at radius 2 is 1.96 bits per heavy atom. The number of carbonyl (C=O) groups is 2. The minimum absolute atomic E-state index is 0.0496. The largest absolute Gasteiger partial charge is 0.497 e. The van der Waals surface area contributed by atoms with Crippen LogP contribution in [0, 0.1) is 11.3 Å². The highest BCUT2D eigenvalue weighted by Gasteiger charge is 2.49. The number of nitrogens with zero attached hydrogens (tertiary/aromatic N) is 2. The van der Waals surface area contributed by atoms with Gasteiger partial charge in [0.2, 0.25) is 0 Å². The van der Waals surface area contributed by atoms with Crippen LogP contribution in [0.4, 0.5) is 4.79 Å². The maximum Gasteiger partial charge on any atom is 0.325 e. The van der Waals surface area contributed by atoms with Gasteiger partial charge in [0.1, 0.15) is 11.3 Å². The normalized spacial score (nSPS) is 19.5. The summed E-state index contributed by atoms with van der Waals surface area (Å²) in [6.45, 7) is 1.71. The van der Waals surface area contributed by atoms with Gasteiger partial charge in [-0.3, -0.25) is 9.69 Å². The van der Waals surface area contributed by atoms with Gasteiger partial charge < -0.3 is 10.1 Å². The third kappa shape index (κ3) is 2.81. The second-order valence-electron chi connectivity index (χ2n) is 5.95. The summed E-state index contributed by atoms with van der Waals surface area (Å²) >= 11 is 0. The topological polar surface area (TPSA) is 82.4 Å². The van der Waals surface area contributed by atoms with Crippen LogP contribution in [0.3, 0.4) is 0 Å². The van der Waals surface area contributed by atoms with Gasteiger partial charge in [-0.25, -0.2) is 4.79 Å². The van der Waals surface area contributed by atoms with Crippen LogP contribution in [-0.4, -0.2) is 23.9 Å². The molecule has 0 spiro atoms. The summed E-state index contributed by atoms with van der Waals surface area (Å²) in [7, 11) is 1.54. The molecule has 0 saturated carbocycles. The van der Waals surface area contributed by atoms with E-state index in [-0.39, 0.29) is 12.5 Å². The fraction of sp³-hybridized carbons (Fsp3) is 0.211. The van der Waals surface area contributed by atoms with Crippen LogP contribution in [0.2, 0.25) is 0 Å². The number of methoxy groups -OCH3 is 1. The summed E-state index contributed by atoms with van der Waals surface area (Å²) in [6, 6.07) is 15.6. The summed E-state index contributed by atoms with van der Waals surface area (Å²) in [6.07, 6.45) is 0. The molecule has 6 nitrogen and oxygen atoms in total. The number of rotatable bonds is 4. The molecule has 1 heterocycles. The number of nitriles is 1. The van der Waals surface area contributed by atoms with Crippen LogP contribution < -0.4 is 10.1 Å². The summed E-state index contributed by atoms with van der Waals surface area (Å²) < 4.78 is 5.20. The molecule has 0 aromatic heterocycles. The van der Waals surface area contributed by atoms with E-state index in [4.69, 9.17) is 4.74 Å². The van der Waals surface area contributed by atoms with E-state index in [1.54, 1.807) is 62.6 Å². The Kier molecular flexibility index (Phi) is 4.15. The van der Waals surface area contributed by atoms with Crippen molar-refractivity contribution in [2.45, 2.75) is 19.0 Å². The second kappa shape index (κ2) is 6.29. The molecule has 0 aliphatic carbocycles. The molecule has 1 atom stereocenters. The Morgan fingerprint density at radius 1 is 1.20 bits per heavy atom. The number of benzene rings is 2. The van der Waals surface area contributed by atoms with Gasteiger partial charge in [-0.15, -0.1) is 0 Å². The molecule has 126 valence electrons. The van der Waals surface area contributed by atoms with E-state index in [2.05, 4.69) is 11.4 Å². The second-order valence-corrected chi connectivity index (χ2v) is 5.95. The molecule has 1 N–H and O–H groups in total. The van der Waals surface area contributed by atoms with Gasteiger partial charge in [-0.1, -0.05) is 30.3 Å². The third-order valence-electron chi connectivity index (χ3n) is 4.39. The smallest absolute Gasteiger partial charge is 0.325 e. The van der Waals surface area contributed by atoms with Crippen molar-refractivity contribution in [1.29, 1.82) is 5.26 Å². The lowest BCUT2D eigenvalue weighted by atomic mass is 9.91. The fourth-order valence-corrected chi connectivity index (χ4v) is 2.91. The monoisotopic (exact) mass is 335 g/mol. The molecule has 1 aliphatic heterocycles. The van der Waals surface area contributed by atoms with Crippen LogP contribution in [-0.2, 0) is 16.9 Å². The first-order valence-electron chi connectivity index (χ1n) is 7.76. The van der Waals surface area contributed by atoms with Crippen LogP contribution >= 0.6 is 0 Å². The Morgan fingerprint density at radius 3 is 2.68 bits per heavy atom. The van der Waals surface area contributed by atoms with Gasteiger partial charge in [0, 0.05) is 0 Å². The van der Waals surface area contributed by atoms with Crippen molar-refractivity contribution in [3.05, 3.63) is 65.2 Å². The predicted molar refractivity (Wildman–Crippen MR) is 90.6 cm³/mol. The van der Waals surface area contributed by atoms with E-state index in [1.807, 2.05) is 0 Å². The van der Waals surface area contributed by atoms with Gasteiger partial charge in [-0.05, 0) is 36.2 Å². The highest BCUT2D eigenvalue weighted by molar-refractivity contribution is 6.07. The van der Waals surface area contributed by atoms with Gasteiger partial charge in [0.25, 0.3) is 5.91 Å². The van der Waals surface area contributed by atoms with Gasteiger partial charge >= 0.3 is 6.03 Å². The van der Waals surface area contributed by atoms with E-state index in [0.717, 1.165) is 4.90 Å². The van der Waals surface area contributed by atoms with Crippen LogP contribution in [0.1, 0.15) is 23.6 Å².